The number of benzene rings is 1. The molecule has 0 aliphatic carbocycles. The van der Waals surface area contributed by atoms with Gasteiger partial charge in [0.1, 0.15) is 0 Å². The summed E-state index contributed by atoms with van der Waals surface area (Å²) in [7, 11) is 0. The summed E-state index contributed by atoms with van der Waals surface area (Å²) in [5.74, 6) is 0.00763. The summed E-state index contributed by atoms with van der Waals surface area (Å²) in [5.41, 5.74) is 0. The molecule has 1 radical (unpaired) electrons. The Morgan fingerprint density at radius 2 is 2.13 bits per heavy atom. The van der Waals surface area contributed by atoms with E-state index in [1.807, 2.05) is 0 Å². The van der Waals surface area contributed by atoms with Crippen LogP contribution in [-0.2, 0) is 4.79 Å². The van der Waals surface area contributed by atoms with E-state index in [9.17, 15) is 4.79 Å². The maximum Gasteiger partial charge on any atom is 0.311 e. The first-order chi connectivity index (χ1) is 7.04. The molecule has 15 heavy (non-hydrogen) atoms. The number of carbonyl (C=O) groups is 1. The minimum absolute atomic E-state index is 0.277. The van der Waals surface area contributed by atoms with Crippen molar-refractivity contribution < 1.29 is 9.53 Å². The second-order valence-corrected chi connectivity index (χ2v) is 4.95. The number of halogens is 3. The summed E-state index contributed by atoms with van der Waals surface area (Å²) in [6, 6.07) is 3.43. The number of esters is 1. The van der Waals surface area contributed by atoms with Crippen LogP contribution in [0.4, 0.5) is 0 Å². The van der Waals surface area contributed by atoms with Gasteiger partial charge in [0, 0.05) is 10.9 Å². The van der Waals surface area contributed by atoms with Crippen LogP contribution >= 0.6 is 43.5 Å². The van der Waals surface area contributed by atoms with Gasteiger partial charge in [-0.15, -0.1) is 0 Å². The predicted octanol–water partition coefficient (Wildman–Crippen LogP) is 4.38. The van der Waals surface area contributed by atoms with E-state index >= 15 is 0 Å². The van der Waals surface area contributed by atoms with Crippen LogP contribution in [0.3, 0.4) is 0 Å². The van der Waals surface area contributed by atoms with E-state index in [-0.39, 0.29) is 12.4 Å². The summed E-state index contributed by atoms with van der Waals surface area (Å²) < 4.78 is 6.55. The fourth-order valence-corrected chi connectivity index (χ4v) is 2.75. The average molecular weight is 355 g/mol. The van der Waals surface area contributed by atoms with Gasteiger partial charge in [0.05, 0.1) is 9.50 Å². The molecule has 1 aromatic carbocycles. The Hall–Kier alpha value is -0.0600. The standard InChI is InChI=1S/C10H8Br2ClO2/c1-2-3-9(14)15-10-7(12)4-6(11)5-8(10)13/h4-5H,1-3H2. The quantitative estimate of drug-likeness (QED) is 0.594. The maximum absolute atomic E-state index is 11.2. The van der Waals surface area contributed by atoms with Crippen molar-refractivity contribution in [2.45, 2.75) is 12.8 Å². The molecule has 0 amide bonds. The molecule has 0 saturated heterocycles. The van der Waals surface area contributed by atoms with Gasteiger partial charge < -0.3 is 4.74 Å². The molecule has 0 fully saturated rings. The van der Waals surface area contributed by atoms with Crippen LogP contribution < -0.4 is 4.74 Å². The van der Waals surface area contributed by atoms with E-state index in [0.29, 0.717) is 21.7 Å². The Balaban J connectivity index is 2.90. The third-order valence-electron chi connectivity index (χ3n) is 1.56. The predicted molar refractivity (Wildman–Crippen MR) is 67.1 cm³/mol. The van der Waals surface area contributed by atoms with Gasteiger partial charge in [0.25, 0.3) is 0 Å². The molecule has 0 aromatic heterocycles. The van der Waals surface area contributed by atoms with Gasteiger partial charge in [-0.2, -0.15) is 0 Å². The van der Waals surface area contributed by atoms with Gasteiger partial charge in [0.2, 0.25) is 0 Å². The Morgan fingerprint density at radius 1 is 1.47 bits per heavy atom. The van der Waals surface area contributed by atoms with Crippen LogP contribution in [-0.4, -0.2) is 5.97 Å². The Labute approximate surface area is 110 Å². The summed E-state index contributed by atoms with van der Waals surface area (Å²) in [6.07, 6.45) is 0.781. The first-order valence-electron chi connectivity index (χ1n) is 4.19. The van der Waals surface area contributed by atoms with Crippen LogP contribution in [0.25, 0.3) is 0 Å². The van der Waals surface area contributed by atoms with Crippen LogP contribution in [0.1, 0.15) is 12.8 Å². The highest BCUT2D eigenvalue weighted by Crippen LogP contribution is 2.36. The highest BCUT2D eigenvalue weighted by Gasteiger charge is 2.12. The fourth-order valence-electron chi connectivity index (χ4n) is 0.936. The summed E-state index contributed by atoms with van der Waals surface area (Å²) in [4.78, 5) is 11.2. The number of ether oxygens (including phenoxy) is 1. The van der Waals surface area contributed by atoms with E-state index in [4.69, 9.17) is 16.3 Å². The first-order valence-corrected chi connectivity index (χ1v) is 6.15. The van der Waals surface area contributed by atoms with Gasteiger partial charge in [-0.05, 0) is 34.5 Å². The van der Waals surface area contributed by atoms with Crippen molar-refractivity contribution in [2.24, 2.45) is 0 Å². The van der Waals surface area contributed by atoms with E-state index in [2.05, 4.69) is 38.8 Å². The third kappa shape index (κ3) is 3.78. The minimum atomic E-state index is -0.338. The third-order valence-corrected chi connectivity index (χ3v) is 2.89. The average Bonchev–Trinajstić information content (AvgIpc) is 2.11. The number of rotatable bonds is 3. The van der Waals surface area contributed by atoms with Gasteiger partial charge >= 0.3 is 5.97 Å². The zero-order valence-electron chi connectivity index (χ0n) is 7.73. The SMILES string of the molecule is [CH2]CCC(=O)Oc1c(Cl)cc(Br)cc1Br. The van der Waals surface area contributed by atoms with Gasteiger partial charge in [-0.3, -0.25) is 4.79 Å². The molecule has 0 heterocycles. The molecule has 1 rings (SSSR count). The molecule has 1 aromatic rings. The molecule has 0 N–H and O–H groups in total. The van der Waals surface area contributed by atoms with Crippen LogP contribution in [0.2, 0.25) is 5.02 Å². The minimum Gasteiger partial charge on any atom is -0.424 e. The molecule has 0 unspecified atom stereocenters. The lowest BCUT2D eigenvalue weighted by molar-refractivity contribution is -0.134. The molecule has 5 heteroatoms. The molecule has 0 spiro atoms. The molecule has 81 valence electrons. The Morgan fingerprint density at radius 3 is 2.67 bits per heavy atom. The molecule has 0 saturated carbocycles. The normalized spacial score (nSPS) is 10.1. The second-order valence-electron chi connectivity index (χ2n) is 2.78. The van der Waals surface area contributed by atoms with Crippen molar-refractivity contribution in [3.63, 3.8) is 0 Å². The number of carbonyl (C=O) groups excluding carboxylic acids is 1. The van der Waals surface area contributed by atoms with Crippen molar-refractivity contribution >= 4 is 49.4 Å². The lowest BCUT2D eigenvalue weighted by Crippen LogP contribution is -2.07. The monoisotopic (exact) mass is 353 g/mol. The summed E-state index contributed by atoms with van der Waals surface area (Å²) in [5, 5.41) is 0.383. The zero-order valence-corrected chi connectivity index (χ0v) is 11.7. The topological polar surface area (TPSA) is 26.3 Å². The van der Waals surface area contributed by atoms with Crippen molar-refractivity contribution in [3.8, 4) is 5.75 Å². The van der Waals surface area contributed by atoms with Crippen LogP contribution in [0, 0.1) is 6.92 Å². The molecular formula is C10H8Br2ClO2. The van der Waals surface area contributed by atoms with Crippen molar-refractivity contribution in [1.82, 2.24) is 0 Å². The molecule has 0 aliphatic rings. The van der Waals surface area contributed by atoms with E-state index in [0.717, 1.165) is 4.47 Å². The van der Waals surface area contributed by atoms with Crippen molar-refractivity contribution in [2.75, 3.05) is 0 Å². The maximum atomic E-state index is 11.2. The van der Waals surface area contributed by atoms with Crippen LogP contribution in [0.15, 0.2) is 21.1 Å². The van der Waals surface area contributed by atoms with Crippen LogP contribution in [0.5, 0.6) is 5.75 Å². The summed E-state index contributed by atoms with van der Waals surface area (Å²) >= 11 is 12.5. The Bertz CT molecular complexity index is 357. The van der Waals surface area contributed by atoms with Gasteiger partial charge in [-0.25, -0.2) is 0 Å². The lowest BCUT2D eigenvalue weighted by Gasteiger charge is -2.08. The van der Waals surface area contributed by atoms with E-state index in [1.54, 1.807) is 12.1 Å². The lowest BCUT2D eigenvalue weighted by atomic mass is 10.3. The largest absolute Gasteiger partial charge is 0.424 e. The second kappa shape index (κ2) is 5.87. The summed E-state index contributed by atoms with van der Waals surface area (Å²) in [6.45, 7) is 3.57. The Kier molecular flexibility index (Phi) is 5.09. The molecule has 2 nitrogen and oxygen atoms in total. The molecular weight excluding hydrogens is 347 g/mol. The van der Waals surface area contributed by atoms with Crippen molar-refractivity contribution in [3.05, 3.63) is 33.0 Å². The first kappa shape index (κ1) is 13.0. The highest BCUT2D eigenvalue weighted by molar-refractivity contribution is 9.11. The molecule has 0 atom stereocenters. The number of hydrogen-bond donors (Lipinski definition) is 0. The van der Waals surface area contributed by atoms with Gasteiger partial charge in [0.15, 0.2) is 5.75 Å². The van der Waals surface area contributed by atoms with Crippen molar-refractivity contribution in [1.29, 1.82) is 0 Å². The van der Waals surface area contributed by atoms with E-state index in [1.165, 1.54) is 0 Å². The zero-order chi connectivity index (χ0) is 11.4. The molecule has 0 bridgehead atoms. The number of hydrogen-bond acceptors (Lipinski definition) is 2. The molecule has 0 aliphatic heterocycles. The van der Waals surface area contributed by atoms with E-state index < -0.39 is 0 Å². The smallest absolute Gasteiger partial charge is 0.311 e. The van der Waals surface area contributed by atoms with Gasteiger partial charge in [-0.1, -0.05) is 34.5 Å². The fraction of sp³-hybridized carbons (Fsp3) is 0.200. The highest BCUT2D eigenvalue weighted by atomic mass is 79.9.